The molecule has 19 heavy (non-hydrogen) atoms. The van der Waals surface area contributed by atoms with E-state index in [4.69, 9.17) is 21.5 Å². The van der Waals surface area contributed by atoms with Gasteiger partial charge in [-0.15, -0.1) is 24.8 Å². The molecule has 6 nitrogen and oxygen atoms in total. The fourth-order valence-electron chi connectivity index (χ4n) is 2.31. The van der Waals surface area contributed by atoms with Gasteiger partial charge in [0, 0.05) is 6.04 Å². The lowest BCUT2D eigenvalue weighted by molar-refractivity contribution is -0.147. The van der Waals surface area contributed by atoms with E-state index in [0.29, 0.717) is 32.1 Å². The molecule has 1 aliphatic carbocycles. The van der Waals surface area contributed by atoms with Crippen LogP contribution < -0.4 is 11.5 Å². The quantitative estimate of drug-likeness (QED) is 0.332. The second-order valence-electron chi connectivity index (χ2n) is 5.00. The molecule has 1 saturated carbocycles. The Labute approximate surface area is 125 Å². The fourth-order valence-corrected chi connectivity index (χ4v) is 2.31. The van der Waals surface area contributed by atoms with Crippen molar-refractivity contribution < 1.29 is 19.9 Å². The molecule has 0 heterocycles. The van der Waals surface area contributed by atoms with Gasteiger partial charge in [-0.2, -0.15) is 0 Å². The van der Waals surface area contributed by atoms with Gasteiger partial charge >= 0.3 is 13.1 Å². The van der Waals surface area contributed by atoms with Crippen molar-refractivity contribution in [2.24, 2.45) is 17.4 Å². The Morgan fingerprint density at radius 1 is 1.26 bits per heavy atom. The third kappa shape index (κ3) is 5.85. The Morgan fingerprint density at radius 3 is 2.16 bits per heavy atom. The first-order valence-corrected chi connectivity index (χ1v) is 6.00. The normalized spacial score (nSPS) is 24.2. The van der Waals surface area contributed by atoms with Crippen molar-refractivity contribution >= 4 is 37.9 Å². The highest BCUT2D eigenvalue weighted by molar-refractivity contribution is 6.40. The molecule has 1 atom stereocenters. The van der Waals surface area contributed by atoms with Crippen molar-refractivity contribution in [2.75, 3.05) is 0 Å². The number of unbranched alkanes of at least 4 members (excludes halogenated alkanes) is 1. The number of carboxylic acid groups (broad SMARTS) is 1. The number of halogens is 2. The summed E-state index contributed by atoms with van der Waals surface area (Å²) in [4.78, 5) is 11.2. The van der Waals surface area contributed by atoms with Crippen LogP contribution in [0.4, 0.5) is 0 Å². The summed E-state index contributed by atoms with van der Waals surface area (Å²) >= 11 is 0. The minimum atomic E-state index is -1.33. The predicted molar refractivity (Wildman–Crippen MR) is 78.6 cm³/mol. The molecule has 0 bridgehead atoms. The number of rotatable bonds is 7. The summed E-state index contributed by atoms with van der Waals surface area (Å²) in [6, 6.07) is 0.0709. The summed E-state index contributed by atoms with van der Waals surface area (Å²) in [6.07, 6.45) is 3.05. The minimum absolute atomic E-state index is 0. The molecule has 0 aromatic heterocycles. The average Bonchev–Trinajstić information content (AvgIpc) is 2.19. The standard InChI is InChI=1S/C10H21BN2O4.2ClH/c12-8-5-7(6-8)10(13,9(14)15)3-1-2-4-11(16)17;;/h7-8,16-17H,1-6,12-13H2,(H,14,15);2*1H. The molecule has 1 fully saturated rings. The summed E-state index contributed by atoms with van der Waals surface area (Å²) in [5.41, 5.74) is 10.4. The monoisotopic (exact) mass is 316 g/mol. The van der Waals surface area contributed by atoms with Crippen LogP contribution in [-0.4, -0.2) is 39.8 Å². The van der Waals surface area contributed by atoms with E-state index in [9.17, 15) is 9.90 Å². The van der Waals surface area contributed by atoms with Crippen LogP contribution in [-0.2, 0) is 4.79 Å². The average molecular weight is 317 g/mol. The summed E-state index contributed by atoms with van der Waals surface area (Å²) in [7, 11) is -1.33. The van der Waals surface area contributed by atoms with Gasteiger partial charge in [0.25, 0.3) is 0 Å². The van der Waals surface area contributed by atoms with Gasteiger partial charge in [-0.1, -0.05) is 12.8 Å². The first kappa shape index (κ1) is 21.3. The number of aliphatic carboxylic acids is 1. The first-order valence-electron chi connectivity index (χ1n) is 6.00. The van der Waals surface area contributed by atoms with Gasteiger partial charge in [-0.25, -0.2) is 0 Å². The topological polar surface area (TPSA) is 130 Å². The maximum atomic E-state index is 11.2. The molecule has 1 unspecified atom stereocenters. The van der Waals surface area contributed by atoms with Crippen LogP contribution in [0, 0.1) is 5.92 Å². The third-order valence-corrected chi connectivity index (χ3v) is 3.60. The van der Waals surface area contributed by atoms with E-state index in [0.717, 1.165) is 0 Å². The zero-order valence-corrected chi connectivity index (χ0v) is 12.3. The van der Waals surface area contributed by atoms with Gasteiger partial charge < -0.3 is 26.6 Å². The van der Waals surface area contributed by atoms with Crippen LogP contribution in [0.2, 0.25) is 6.32 Å². The van der Waals surface area contributed by atoms with Crippen molar-refractivity contribution in [3.8, 4) is 0 Å². The van der Waals surface area contributed by atoms with E-state index < -0.39 is 18.6 Å². The lowest BCUT2D eigenvalue weighted by Crippen LogP contribution is -2.60. The SMILES string of the molecule is Cl.Cl.NC1CC(C(N)(CCCCB(O)O)C(=O)O)C1. The van der Waals surface area contributed by atoms with E-state index in [1.807, 2.05) is 0 Å². The molecule has 0 amide bonds. The maximum absolute atomic E-state index is 11.2. The van der Waals surface area contributed by atoms with Gasteiger partial charge in [0.2, 0.25) is 0 Å². The number of hydrogen-bond donors (Lipinski definition) is 5. The lowest BCUT2D eigenvalue weighted by atomic mass is 9.66. The van der Waals surface area contributed by atoms with Crippen LogP contribution >= 0.6 is 24.8 Å². The third-order valence-electron chi connectivity index (χ3n) is 3.60. The number of carbonyl (C=O) groups is 1. The molecular formula is C10H23BCl2N2O4. The van der Waals surface area contributed by atoms with E-state index in [1.165, 1.54) is 0 Å². The molecule has 0 aromatic carbocycles. The van der Waals surface area contributed by atoms with Crippen molar-refractivity contribution in [1.82, 2.24) is 0 Å². The second-order valence-corrected chi connectivity index (χ2v) is 5.00. The highest BCUT2D eigenvalue weighted by Crippen LogP contribution is 2.37. The minimum Gasteiger partial charge on any atom is -0.480 e. The molecule has 0 saturated heterocycles. The molecule has 114 valence electrons. The zero-order chi connectivity index (χ0) is 13.1. The van der Waals surface area contributed by atoms with E-state index in [2.05, 4.69) is 0 Å². The van der Waals surface area contributed by atoms with Crippen LogP contribution in [0.3, 0.4) is 0 Å². The molecule has 0 aromatic rings. The maximum Gasteiger partial charge on any atom is 0.451 e. The van der Waals surface area contributed by atoms with Gasteiger partial charge in [0.15, 0.2) is 0 Å². The molecule has 0 radical (unpaired) electrons. The highest BCUT2D eigenvalue weighted by Gasteiger charge is 2.47. The summed E-state index contributed by atoms with van der Waals surface area (Å²) in [5, 5.41) is 26.6. The summed E-state index contributed by atoms with van der Waals surface area (Å²) in [5.74, 6) is -1.05. The first-order chi connectivity index (χ1) is 7.86. The summed E-state index contributed by atoms with van der Waals surface area (Å²) < 4.78 is 0. The second kappa shape index (κ2) is 8.99. The number of carboxylic acids is 1. The van der Waals surface area contributed by atoms with Crippen molar-refractivity contribution in [3.05, 3.63) is 0 Å². The Hall–Kier alpha value is -0.0451. The number of nitrogens with two attached hydrogens (primary N) is 2. The largest absolute Gasteiger partial charge is 0.480 e. The molecule has 1 rings (SSSR count). The van der Waals surface area contributed by atoms with Gasteiger partial charge in [-0.05, 0) is 31.5 Å². The van der Waals surface area contributed by atoms with Crippen molar-refractivity contribution in [1.29, 1.82) is 0 Å². The van der Waals surface area contributed by atoms with Gasteiger partial charge in [0.05, 0.1) is 0 Å². The highest BCUT2D eigenvalue weighted by atomic mass is 35.5. The Bertz CT molecular complexity index is 280. The predicted octanol–water partition coefficient (Wildman–Crippen LogP) is -0.00750. The van der Waals surface area contributed by atoms with Crippen LogP contribution in [0.15, 0.2) is 0 Å². The zero-order valence-electron chi connectivity index (χ0n) is 10.7. The summed E-state index contributed by atoms with van der Waals surface area (Å²) in [6.45, 7) is 0. The molecule has 7 N–H and O–H groups in total. The van der Waals surface area contributed by atoms with Crippen LogP contribution in [0.25, 0.3) is 0 Å². The van der Waals surface area contributed by atoms with Crippen LogP contribution in [0.5, 0.6) is 0 Å². The molecule has 1 aliphatic rings. The van der Waals surface area contributed by atoms with E-state index >= 15 is 0 Å². The van der Waals surface area contributed by atoms with Crippen molar-refractivity contribution in [2.45, 2.75) is 50.0 Å². The lowest BCUT2D eigenvalue weighted by Gasteiger charge is -2.43. The fraction of sp³-hybridized carbons (Fsp3) is 0.900. The number of hydrogen-bond acceptors (Lipinski definition) is 5. The Morgan fingerprint density at radius 2 is 1.79 bits per heavy atom. The Kier molecular flexibility index (Phi) is 10.1. The Balaban J connectivity index is 0. The van der Waals surface area contributed by atoms with Crippen LogP contribution in [0.1, 0.15) is 32.1 Å². The molecular weight excluding hydrogens is 294 g/mol. The van der Waals surface area contributed by atoms with Gasteiger partial charge in [0.1, 0.15) is 5.54 Å². The molecule has 0 spiro atoms. The molecule has 9 heteroatoms. The smallest absolute Gasteiger partial charge is 0.451 e. The van der Waals surface area contributed by atoms with Crippen molar-refractivity contribution in [3.63, 3.8) is 0 Å². The van der Waals surface area contributed by atoms with Gasteiger partial charge in [-0.3, -0.25) is 4.79 Å². The van der Waals surface area contributed by atoms with E-state index in [1.54, 1.807) is 0 Å². The molecule has 0 aliphatic heterocycles. The van der Waals surface area contributed by atoms with E-state index in [-0.39, 0.29) is 43.1 Å².